The Morgan fingerprint density at radius 2 is 1.32 bits per heavy atom. The van der Waals surface area contributed by atoms with Gasteiger partial charge in [0.2, 0.25) is 5.82 Å². The maximum Gasteiger partial charge on any atom is 0.200 e. The predicted molar refractivity (Wildman–Crippen MR) is 160 cm³/mol. The van der Waals surface area contributed by atoms with Crippen molar-refractivity contribution in [2.24, 2.45) is 35.5 Å². The molecule has 4 aliphatic rings. The fourth-order valence-electron chi connectivity index (χ4n) is 9.03. The molecule has 1 heterocycles. The van der Waals surface area contributed by atoms with Crippen molar-refractivity contribution < 1.29 is 18.3 Å². The van der Waals surface area contributed by atoms with Crippen molar-refractivity contribution in [1.82, 2.24) is 0 Å². The van der Waals surface area contributed by atoms with Gasteiger partial charge in [-0.05, 0) is 170 Å². The van der Waals surface area contributed by atoms with Crippen LogP contribution in [-0.2, 0) is 4.74 Å². The lowest BCUT2D eigenvalue weighted by atomic mass is 9.64. The highest BCUT2D eigenvalue weighted by molar-refractivity contribution is 5.33. The van der Waals surface area contributed by atoms with Gasteiger partial charge in [0.05, 0.1) is 12.7 Å². The number of rotatable bonds is 9. The molecule has 4 heteroatoms. The Balaban J connectivity index is 1.01. The van der Waals surface area contributed by atoms with E-state index in [-0.39, 0.29) is 11.7 Å². The van der Waals surface area contributed by atoms with Gasteiger partial charge in [-0.1, -0.05) is 18.2 Å². The van der Waals surface area contributed by atoms with Crippen LogP contribution in [0, 0.1) is 47.1 Å². The van der Waals surface area contributed by atoms with Crippen LogP contribution in [0.4, 0.5) is 8.78 Å². The molecule has 0 amide bonds. The zero-order valence-electron chi connectivity index (χ0n) is 25.2. The quantitative estimate of drug-likeness (QED) is 0.282. The molecule has 2 unspecified atom stereocenters. The number of benzene rings is 1. The van der Waals surface area contributed by atoms with E-state index < -0.39 is 11.6 Å². The highest BCUT2D eigenvalue weighted by atomic mass is 19.2. The van der Waals surface area contributed by atoms with Crippen molar-refractivity contribution in [1.29, 1.82) is 0 Å². The molecule has 0 N–H and O–H groups in total. The van der Waals surface area contributed by atoms with Gasteiger partial charge in [0, 0.05) is 6.61 Å². The first-order valence-corrected chi connectivity index (χ1v) is 16.9. The molecule has 3 aliphatic carbocycles. The molecule has 4 fully saturated rings. The monoisotopic (exact) mass is 556 g/mol. The van der Waals surface area contributed by atoms with E-state index >= 15 is 0 Å². The van der Waals surface area contributed by atoms with Gasteiger partial charge in [0.25, 0.3) is 0 Å². The molecule has 0 spiro atoms. The van der Waals surface area contributed by atoms with E-state index in [1.165, 1.54) is 77.0 Å². The van der Waals surface area contributed by atoms with E-state index in [4.69, 9.17) is 9.47 Å². The number of hydrogen-bond donors (Lipinski definition) is 0. The molecular formula is C36H54F2O2. The molecule has 1 aromatic carbocycles. The Hall–Kier alpha value is -1.42. The fraction of sp³-hybridized carbons (Fsp3) is 0.778. The Bertz CT molecular complexity index is 928. The molecule has 1 aromatic rings. The largest absolute Gasteiger partial charge is 0.491 e. The third-order valence-electron chi connectivity index (χ3n) is 11.5. The zero-order valence-corrected chi connectivity index (χ0v) is 25.2. The second-order valence-corrected chi connectivity index (χ2v) is 13.6. The molecule has 2 atom stereocenters. The Morgan fingerprint density at radius 1 is 0.750 bits per heavy atom. The maximum absolute atomic E-state index is 14.8. The van der Waals surface area contributed by atoms with Crippen molar-refractivity contribution >= 4 is 0 Å². The van der Waals surface area contributed by atoms with Crippen molar-refractivity contribution in [2.75, 3.05) is 13.2 Å². The zero-order chi connectivity index (χ0) is 27.9. The summed E-state index contributed by atoms with van der Waals surface area (Å²) in [6.07, 6.45) is 25.6. The van der Waals surface area contributed by atoms with Crippen LogP contribution in [0.1, 0.15) is 128 Å². The molecule has 5 rings (SSSR count). The predicted octanol–water partition coefficient (Wildman–Crippen LogP) is 10.4. The van der Waals surface area contributed by atoms with Gasteiger partial charge in [-0.2, -0.15) is 4.39 Å². The van der Waals surface area contributed by atoms with E-state index in [1.807, 2.05) is 0 Å². The summed E-state index contributed by atoms with van der Waals surface area (Å²) in [5.41, 5.74) is 0.557. The van der Waals surface area contributed by atoms with Crippen molar-refractivity contribution in [3.8, 4) is 5.75 Å². The van der Waals surface area contributed by atoms with E-state index in [2.05, 4.69) is 19.1 Å². The number of allylic oxidation sites excluding steroid dienone is 2. The minimum absolute atomic E-state index is 0.0364. The van der Waals surface area contributed by atoms with Gasteiger partial charge in [-0.15, -0.1) is 0 Å². The number of ether oxygens (including phenoxy) is 2. The van der Waals surface area contributed by atoms with E-state index in [1.54, 1.807) is 19.1 Å². The molecular weight excluding hydrogens is 502 g/mol. The topological polar surface area (TPSA) is 18.5 Å². The maximum atomic E-state index is 14.8. The summed E-state index contributed by atoms with van der Waals surface area (Å²) >= 11 is 0. The van der Waals surface area contributed by atoms with E-state index in [0.717, 1.165) is 67.8 Å². The van der Waals surface area contributed by atoms with Gasteiger partial charge in [-0.25, -0.2) is 4.39 Å². The van der Waals surface area contributed by atoms with Crippen LogP contribution in [0.5, 0.6) is 5.75 Å². The van der Waals surface area contributed by atoms with Crippen LogP contribution >= 0.6 is 0 Å². The third kappa shape index (κ3) is 7.31. The van der Waals surface area contributed by atoms with Crippen molar-refractivity contribution in [3.05, 3.63) is 41.5 Å². The standard InChI is InChI=1S/C36H54F2O2/c1-3-5-6-7-25-8-22-33(40-24-25)31-19-15-29(16-20-31)27-11-9-26(10-12-27)28-13-17-30(18-14-28)32-21-23-34(39-4-2)36(38)35(32)37/h3,5,21,23,25-31,33H,4,6-20,22,24H2,1-2H3. The first-order valence-electron chi connectivity index (χ1n) is 16.9. The van der Waals surface area contributed by atoms with Gasteiger partial charge >= 0.3 is 0 Å². The van der Waals surface area contributed by atoms with Crippen molar-refractivity contribution in [3.63, 3.8) is 0 Å². The smallest absolute Gasteiger partial charge is 0.200 e. The lowest BCUT2D eigenvalue weighted by Gasteiger charge is -2.43. The van der Waals surface area contributed by atoms with Crippen LogP contribution in [0.3, 0.4) is 0 Å². The number of halogens is 2. The van der Waals surface area contributed by atoms with Crippen LogP contribution in [-0.4, -0.2) is 19.3 Å². The SMILES string of the molecule is CC=CCCC1CCC(C2CCC(C3CCC(C4CCC(c5ccc(OCC)c(F)c5F)CC4)CC3)CC2)OC1. The van der Waals surface area contributed by atoms with Gasteiger partial charge in [0.15, 0.2) is 11.6 Å². The second-order valence-electron chi connectivity index (χ2n) is 13.6. The average molecular weight is 557 g/mol. The Morgan fingerprint density at radius 3 is 1.85 bits per heavy atom. The highest BCUT2D eigenvalue weighted by Crippen LogP contribution is 2.48. The molecule has 0 bridgehead atoms. The summed E-state index contributed by atoms with van der Waals surface area (Å²) in [6, 6.07) is 3.38. The molecule has 224 valence electrons. The molecule has 0 radical (unpaired) electrons. The highest BCUT2D eigenvalue weighted by Gasteiger charge is 2.37. The number of hydrogen-bond acceptors (Lipinski definition) is 2. The second kappa shape index (κ2) is 14.7. The first kappa shape index (κ1) is 30.1. The summed E-state index contributed by atoms with van der Waals surface area (Å²) in [7, 11) is 0. The van der Waals surface area contributed by atoms with Crippen molar-refractivity contribution in [2.45, 2.75) is 129 Å². The summed E-state index contributed by atoms with van der Waals surface area (Å²) < 4.78 is 40.9. The molecule has 1 saturated heterocycles. The minimum atomic E-state index is -0.815. The van der Waals surface area contributed by atoms with Gasteiger partial charge in [-0.3, -0.25) is 0 Å². The van der Waals surface area contributed by atoms with Crippen LogP contribution < -0.4 is 4.74 Å². The van der Waals surface area contributed by atoms with Gasteiger partial charge in [0.1, 0.15) is 0 Å². The van der Waals surface area contributed by atoms with Crippen LogP contribution in [0.2, 0.25) is 0 Å². The average Bonchev–Trinajstić information content (AvgIpc) is 3.01. The lowest BCUT2D eigenvalue weighted by Crippen LogP contribution is -2.35. The summed E-state index contributed by atoms with van der Waals surface area (Å²) in [5, 5.41) is 0. The molecule has 1 aliphatic heterocycles. The Labute approximate surface area is 242 Å². The summed E-state index contributed by atoms with van der Waals surface area (Å²) in [4.78, 5) is 0. The molecule has 0 aromatic heterocycles. The fourth-order valence-corrected chi connectivity index (χ4v) is 9.03. The van der Waals surface area contributed by atoms with Gasteiger partial charge < -0.3 is 9.47 Å². The normalized spacial score (nSPS) is 35.6. The van der Waals surface area contributed by atoms with E-state index in [0.29, 0.717) is 18.3 Å². The van der Waals surface area contributed by atoms with Crippen LogP contribution in [0.25, 0.3) is 0 Å². The summed E-state index contributed by atoms with van der Waals surface area (Å²) in [5.74, 6) is 3.72. The van der Waals surface area contributed by atoms with E-state index in [9.17, 15) is 8.78 Å². The Kier molecular flexibility index (Phi) is 11.0. The lowest BCUT2D eigenvalue weighted by molar-refractivity contribution is -0.0617. The molecule has 40 heavy (non-hydrogen) atoms. The summed E-state index contributed by atoms with van der Waals surface area (Å²) in [6.45, 7) is 5.24. The first-order chi connectivity index (χ1) is 19.6. The molecule has 2 nitrogen and oxygen atoms in total. The van der Waals surface area contributed by atoms with Crippen LogP contribution in [0.15, 0.2) is 24.3 Å². The third-order valence-corrected chi connectivity index (χ3v) is 11.5. The minimum Gasteiger partial charge on any atom is -0.491 e. The molecule has 3 saturated carbocycles.